The molecule has 1 aliphatic heterocycles. The maximum atomic E-state index is 14.0. The van der Waals surface area contributed by atoms with Gasteiger partial charge in [-0.2, -0.15) is 0 Å². The van der Waals surface area contributed by atoms with Crippen molar-refractivity contribution in [3.8, 4) is 33.2 Å². The standard InChI is InChI=1S/C53H72N8O7S/c1-35-46(69-34-56-35)37-23-21-36(22-24-37)29-55-49(66)41-27-38(62)30-61(41)50(67)47(51(2,3)4)57-44(64)19-13-11-9-7-5-6-8-10-12-14-20-45(65)58-53-31-52(32-53,33-53)25-26-68-43-28-40(59-60-48(43)54)39-17-15-16-18-42(39)63/h15-18,21-24,28,34,38,41,47,62-63H,5-14,19-20,25-27,29-33H2,1-4H3,(H2,54,60)(H,55,66)(H,57,64)(H,58,65)/t38-,41+,47-,52?,53?/m1/s1. The average Bonchev–Trinajstić information content (AvgIpc) is 3.91. The van der Waals surface area contributed by atoms with Crippen LogP contribution < -0.4 is 26.4 Å². The second-order valence-electron chi connectivity index (χ2n) is 20.9. The molecule has 4 aliphatic rings. The van der Waals surface area contributed by atoms with Crippen LogP contribution in [-0.2, 0) is 25.7 Å². The fraction of sp³-hybridized carbons (Fsp3) is 0.566. The lowest BCUT2D eigenvalue weighted by Gasteiger charge is -2.71. The number of aryl methyl sites for hydroxylation is 1. The van der Waals surface area contributed by atoms with Gasteiger partial charge in [0.1, 0.15) is 23.5 Å². The molecule has 4 aromatic rings. The number of nitrogens with one attached hydrogen (secondary N) is 3. The van der Waals surface area contributed by atoms with Gasteiger partial charge in [0.25, 0.3) is 0 Å². The van der Waals surface area contributed by atoms with Crippen LogP contribution in [-0.4, -0.2) is 90.8 Å². The highest BCUT2D eigenvalue weighted by atomic mass is 32.1. The smallest absolute Gasteiger partial charge is 0.246 e. The van der Waals surface area contributed by atoms with Crippen molar-refractivity contribution in [2.75, 3.05) is 18.9 Å². The summed E-state index contributed by atoms with van der Waals surface area (Å²) in [7, 11) is 0. The first-order chi connectivity index (χ1) is 33.0. The minimum absolute atomic E-state index is 0.0387. The number of aromatic hydroxyl groups is 1. The van der Waals surface area contributed by atoms with Crippen LogP contribution in [0.25, 0.3) is 21.7 Å². The highest BCUT2D eigenvalue weighted by Crippen LogP contribution is 2.69. The molecule has 0 spiro atoms. The molecule has 0 radical (unpaired) electrons. The van der Waals surface area contributed by atoms with Gasteiger partial charge in [-0.3, -0.25) is 19.2 Å². The van der Waals surface area contributed by atoms with Crippen molar-refractivity contribution in [3.63, 3.8) is 0 Å². The molecule has 3 aliphatic carbocycles. The molecule has 3 atom stereocenters. The Morgan fingerprint density at radius 3 is 2.16 bits per heavy atom. The van der Waals surface area contributed by atoms with E-state index >= 15 is 0 Å². The van der Waals surface area contributed by atoms with E-state index in [1.807, 2.05) is 63.5 Å². The molecule has 1 saturated heterocycles. The Hall–Kier alpha value is -5.61. The monoisotopic (exact) mass is 965 g/mol. The normalized spacial score (nSPS) is 20.9. The molecular weight excluding hydrogens is 893 g/mol. The zero-order chi connectivity index (χ0) is 49.2. The van der Waals surface area contributed by atoms with E-state index in [1.54, 1.807) is 35.6 Å². The molecule has 4 fully saturated rings. The number of aliphatic hydroxyl groups is 1. The Kier molecular flexibility index (Phi) is 17.0. The van der Waals surface area contributed by atoms with E-state index in [4.69, 9.17) is 10.5 Å². The second kappa shape index (κ2) is 22.9. The van der Waals surface area contributed by atoms with Crippen molar-refractivity contribution in [3.05, 3.63) is 71.4 Å². The largest absolute Gasteiger partial charge is 0.507 e. The molecule has 3 heterocycles. The van der Waals surface area contributed by atoms with Crippen LogP contribution in [0, 0.1) is 17.8 Å². The molecule has 7 N–H and O–H groups in total. The van der Waals surface area contributed by atoms with Crippen molar-refractivity contribution in [2.45, 2.75) is 167 Å². The number of unbranched alkanes of at least 4 members (excludes halogenated alkanes) is 9. The summed E-state index contributed by atoms with van der Waals surface area (Å²) in [6, 6.07) is 14.9. The summed E-state index contributed by atoms with van der Waals surface area (Å²) in [6.07, 6.45) is 14.4. The van der Waals surface area contributed by atoms with Crippen molar-refractivity contribution < 1.29 is 34.1 Å². The molecule has 2 aromatic carbocycles. The Morgan fingerprint density at radius 2 is 1.54 bits per heavy atom. The SMILES string of the molecule is Cc1ncsc1-c1ccc(CNC(=O)[C@@H]2C[C@@H](O)CN2C(=O)[C@@H](NC(=O)CCCCCCCCCCCCC(=O)NC23CC(CCOc4cc(-c5ccccc5O)nnc4N)(C2)C3)C(C)(C)C)cc1. The predicted molar refractivity (Wildman–Crippen MR) is 268 cm³/mol. The fourth-order valence-corrected chi connectivity index (χ4v) is 11.3. The lowest BCUT2D eigenvalue weighted by Crippen LogP contribution is -2.74. The van der Waals surface area contributed by atoms with Gasteiger partial charge in [0, 0.05) is 49.5 Å². The van der Waals surface area contributed by atoms with Gasteiger partial charge in [0.2, 0.25) is 23.6 Å². The van der Waals surface area contributed by atoms with Crippen molar-refractivity contribution in [1.82, 2.24) is 36.0 Å². The molecule has 69 heavy (non-hydrogen) atoms. The summed E-state index contributed by atoms with van der Waals surface area (Å²) in [6.45, 7) is 8.49. The molecule has 0 unspecified atom stereocenters. The zero-order valence-corrected chi connectivity index (χ0v) is 41.7. The third-order valence-electron chi connectivity index (χ3n) is 14.2. The molecule has 372 valence electrons. The number of carbonyl (C=O) groups excluding carboxylic acids is 4. The number of aliphatic hydroxyl groups excluding tert-OH is 1. The number of hydrogen-bond acceptors (Lipinski definition) is 12. The molecule has 4 amide bonds. The summed E-state index contributed by atoms with van der Waals surface area (Å²) in [5, 5.41) is 38.2. The number of carbonyl (C=O) groups is 4. The first-order valence-corrected chi connectivity index (χ1v) is 25.8. The van der Waals surface area contributed by atoms with Crippen LogP contribution in [0.3, 0.4) is 0 Å². The van der Waals surface area contributed by atoms with Crippen LogP contribution >= 0.6 is 11.3 Å². The quantitative estimate of drug-likeness (QED) is 0.0348. The summed E-state index contributed by atoms with van der Waals surface area (Å²) in [5.41, 5.74) is 11.4. The number of para-hydroxylation sites is 1. The number of ether oxygens (including phenoxy) is 1. The fourth-order valence-electron chi connectivity index (χ4n) is 10.5. The first kappa shape index (κ1) is 51.2. The van der Waals surface area contributed by atoms with Crippen LogP contribution in [0.15, 0.2) is 60.1 Å². The van der Waals surface area contributed by atoms with E-state index in [2.05, 4.69) is 31.1 Å². The van der Waals surface area contributed by atoms with Crippen molar-refractivity contribution >= 4 is 40.8 Å². The number of amides is 4. The van der Waals surface area contributed by atoms with Crippen LogP contribution in [0.4, 0.5) is 5.82 Å². The zero-order valence-electron chi connectivity index (χ0n) is 40.9. The van der Waals surface area contributed by atoms with Gasteiger partial charge in [0.05, 0.1) is 28.8 Å². The number of β-amino-alcohol motifs (C(OH)–C–C–N with tert-alkyl or cyclic N) is 1. The maximum absolute atomic E-state index is 14.0. The lowest BCUT2D eigenvalue weighted by atomic mass is 9.38. The lowest BCUT2D eigenvalue weighted by molar-refractivity contribution is -0.171. The summed E-state index contributed by atoms with van der Waals surface area (Å²) >= 11 is 1.59. The number of nitrogen functional groups attached to an aromatic ring is 1. The van der Waals surface area contributed by atoms with Gasteiger partial charge in [-0.25, -0.2) is 4.98 Å². The second-order valence-corrected chi connectivity index (χ2v) is 21.8. The minimum atomic E-state index is -0.840. The van der Waals surface area contributed by atoms with E-state index in [0.717, 1.165) is 112 Å². The first-order valence-electron chi connectivity index (χ1n) is 24.9. The van der Waals surface area contributed by atoms with E-state index in [9.17, 15) is 29.4 Å². The third kappa shape index (κ3) is 13.4. The molecule has 3 saturated carbocycles. The number of thiazole rings is 1. The maximum Gasteiger partial charge on any atom is 0.246 e. The van der Waals surface area contributed by atoms with Gasteiger partial charge in [-0.15, -0.1) is 21.5 Å². The van der Waals surface area contributed by atoms with Gasteiger partial charge >= 0.3 is 0 Å². The number of nitrogens with two attached hydrogens (primary N) is 1. The van der Waals surface area contributed by atoms with E-state index in [-0.39, 0.29) is 65.7 Å². The number of phenolic OH excluding ortho intramolecular Hbond substituents is 1. The Morgan fingerprint density at radius 1 is 0.899 bits per heavy atom. The number of phenols is 1. The molecule has 15 nitrogen and oxygen atoms in total. The highest BCUT2D eigenvalue weighted by Gasteiger charge is 2.67. The average molecular weight is 965 g/mol. The van der Waals surface area contributed by atoms with Gasteiger partial charge in [-0.05, 0) is 79.5 Å². The Balaban J connectivity index is 0.702. The number of benzene rings is 2. The number of rotatable bonds is 25. The number of likely N-dealkylation sites (tertiary alicyclic amines) is 1. The topological polar surface area (TPSA) is 222 Å². The summed E-state index contributed by atoms with van der Waals surface area (Å²) < 4.78 is 6.01. The van der Waals surface area contributed by atoms with Crippen molar-refractivity contribution in [1.29, 1.82) is 0 Å². The Bertz CT molecular complexity index is 2380. The molecular formula is C53H72N8O7S. The summed E-state index contributed by atoms with van der Waals surface area (Å²) in [4.78, 5) is 60.2. The molecule has 2 aromatic heterocycles. The number of aromatic nitrogens is 3. The third-order valence-corrected chi connectivity index (χ3v) is 15.1. The minimum Gasteiger partial charge on any atom is -0.507 e. The van der Waals surface area contributed by atoms with E-state index < -0.39 is 23.6 Å². The molecule has 16 heteroatoms. The number of nitrogens with zero attached hydrogens (tertiary/aromatic N) is 4. The molecule has 8 rings (SSSR count). The van der Waals surface area contributed by atoms with E-state index in [1.165, 1.54) is 4.90 Å². The van der Waals surface area contributed by atoms with Gasteiger partial charge in [0.15, 0.2) is 11.6 Å². The van der Waals surface area contributed by atoms with E-state index in [0.29, 0.717) is 36.5 Å². The van der Waals surface area contributed by atoms with Gasteiger partial charge < -0.3 is 41.5 Å². The Labute approximate surface area is 410 Å². The molecule has 2 bridgehead atoms. The van der Waals surface area contributed by atoms with Crippen LogP contribution in [0.1, 0.15) is 141 Å². The summed E-state index contributed by atoms with van der Waals surface area (Å²) in [5.74, 6) is 0.0676. The predicted octanol–water partition coefficient (Wildman–Crippen LogP) is 8.16. The van der Waals surface area contributed by atoms with Gasteiger partial charge in [-0.1, -0.05) is 109 Å². The number of hydrogen-bond donors (Lipinski definition) is 6. The highest BCUT2D eigenvalue weighted by molar-refractivity contribution is 7.13. The van der Waals surface area contributed by atoms with Crippen LogP contribution in [0.2, 0.25) is 0 Å². The van der Waals surface area contributed by atoms with Crippen LogP contribution in [0.5, 0.6) is 11.5 Å². The number of anilines is 1. The van der Waals surface area contributed by atoms with Crippen molar-refractivity contribution in [2.24, 2.45) is 10.8 Å².